The minimum Gasteiger partial charge on any atom is -0.457 e. The molecule has 2 N–H and O–H groups in total. The van der Waals surface area contributed by atoms with Crippen LogP contribution in [0.4, 0.5) is 0 Å². The summed E-state index contributed by atoms with van der Waals surface area (Å²) in [5.74, 6) is 0.908. The maximum Gasteiger partial charge on any atom is 0.243 e. The third kappa shape index (κ3) is 6.69. The lowest BCUT2D eigenvalue weighted by molar-refractivity contribution is -0.121. The molecule has 7 nitrogen and oxygen atoms in total. The summed E-state index contributed by atoms with van der Waals surface area (Å²) in [6.45, 7) is 6.35. The Kier molecular flexibility index (Phi) is 9.43. The van der Waals surface area contributed by atoms with E-state index in [9.17, 15) is 18.3 Å². The maximum absolute atomic E-state index is 13.5. The molecule has 3 aromatic rings. The highest BCUT2D eigenvalue weighted by Crippen LogP contribution is 2.43. The third-order valence-electron chi connectivity index (χ3n) is 7.00. The summed E-state index contributed by atoms with van der Waals surface area (Å²) in [5, 5.41) is 13.2. The molecule has 0 bridgehead atoms. The van der Waals surface area contributed by atoms with Crippen LogP contribution in [-0.2, 0) is 14.8 Å². The Morgan fingerprint density at radius 3 is 2.10 bits per heavy atom. The van der Waals surface area contributed by atoms with Crippen LogP contribution in [0, 0.1) is 12.8 Å². The Bertz CT molecular complexity index is 1330. The molecule has 1 aliphatic rings. The van der Waals surface area contributed by atoms with Crippen LogP contribution in [-0.4, -0.2) is 49.5 Å². The van der Waals surface area contributed by atoms with Gasteiger partial charge in [0.15, 0.2) is 0 Å². The SMILES string of the molecule is Cc1ccc(S(=O)(=O)N(CC(C)C)[C@H](CO)CCCCNC(=O)C2c3ccccc3Oc3ccccc32)cc1. The van der Waals surface area contributed by atoms with Crippen molar-refractivity contribution < 1.29 is 23.1 Å². The van der Waals surface area contributed by atoms with E-state index in [-0.39, 0.29) is 23.3 Å². The van der Waals surface area contributed by atoms with Crippen LogP contribution in [0.15, 0.2) is 77.7 Å². The van der Waals surface area contributed by atoms with Crippen molar-refractivity contribution in [3.63, 3.8) is 0 Å². The molecule has 0 aromatic heterocycles. The van der Waals surface area contributed by atoms with E-state index in [1.807, 2.05) is 69.3 Å². The van der Waals surface area contributed by atoms with Crippen LogP contribution in [0.5, 0.6) is 11.5 Å². The van der Waals surface area contributed by atoms with Crippen molar-refractivity contribution in [2.45, 2.75) is 56.9 Å². The number of nitrogens with one attached hydrogen (secondary N) is 1. The van der Waals surface area contributed by atoms with Gasteiger partial charge in [0.1, 0.15) is 11.5 Å². The second-order valence-electron chi connectivity index (χ2n) is 10.5. The lowest BCUT2D eigenvalue weighted by atomic mass is 9.87. The molecule has 1 atom stereocenters. The van der Waals surface area contributed by atoms with Gasteiger partial charge in [-0.15, -0.1) is 0 Å². The topological polar surface area (TPSA) is 95.9 Å². The van der Waals surface area contributed by atoms with Crippen molar-refractivity contribution in [1.82, 2.24) is 9.62 Å². The first-order chi connectivity index (χ1) is 18.7. The monoisotopic (exact) mass is 550 g/mol. The molecule has 39 heavy (non-hydrogen) atoms. The second-order valence-corrected chi connectivity index (χ2v) is 12.4. The average molecular weight is 551 g/mol. The van der Waals surface area contributed by atoms with Crippen molar-refractivity contribution >= 4 is 15.9 Å². The van der Waals surface area contributed by atoms with Gasteiger partial charge in [-0.05, 0) is 49.9 Å². The van der Waals surface area contributed by atoms with E-state index in [4.69, 9.17) is 4.74 Å². The number of aryl methyl sites for hydroxylation is 1. The van der Waals surface area contributed by atoms with E-state index in [1.54, 1.807) is 24.3 Å². The summed E-state index contributed by atoms with van der Waals surface area (Å²) in [4.78, 5) is 13.6. The van der Waals surface area contributed by atoms with Gasteiger partial charge in [-0.25, -0.2) is 8.42 Å². The first kappa shape index (κ1) is 28.8. The van der Waals surface area contributed by atoms with E-state index >= 15 is 0 Å². The maximum atomic E-state index is 13.5. The van der Waals surface area contributed by atoms with E-state index in [1.165, 1.54) is 4.31 Å². The molecule has 0 spiro atoms. The minimum atomic E-state index is -3.76. The van der Waals surface area contributed by atoms with Gasteiger partial charge >= 0.3 is 0 Å². The Labute approximate surface area is 231 Å². The number of hydrogen-bond donors (Lipinski definition) is 2. The van der Waals surface area contributed by atoms with Crippen LogP contribution in [0.1, 0.15) is 55.7 Å². The van der Waals surface area contributed by atoms with Gasteiger partial charge in [0.25, 0.3) is 0 Å². The molecule has 1 amide bonds. The molecule has 0 aliphatic carbocycles. The number of unbranched alkanes of at least 4 members (excludes halogenated alkanes) is 1. The summed E-state index contributed by atoms with van der Waals surface area (Å²) < 4.78 is 34.4. The Morgan fingerprint density at radius 1 is 0.949 bits per heavy atom. The summed E-state index contributed by atoms with van der Waals surface area (Å²) in [6.07, 6.45) is 1.81. The summed E-state index contributed by atoms with van der Waals surface area (Å²) in [5.41, 5.74) is 2.65. The molecule has 3 aromatic carbocycles. The van der Waals surface area contributed by atoms with Crippen molar-refractivity contribution in [2.75, 3.05) is 19.7 Å². The molecule has 0 radical (unpaired) electrons. The van der Waals surface area contributed by atoms with Gasteiger partial charge in [-0.2, -0.15) is 4.31 Å². The highest BCUT2D eigenvalue weighted by molar-refractivity contribution is 7.89. The largest absolute Gasteiger partial charge is 0.457 e. The number of nitrogens with zero attached hydrogens (tertiary/aromatic N) is 1. The van der Waals surface area contributed by atoms with Crippen molar-refractivity contribution in [2.24, 2.45) is 5.92 Å². The Hall–Kier alpha value is -3.20. The number of fused-ring (bicyclic) bond motifs is 2. The molecule has 1 heterocycles. The molecule has 208 valence electrons. The fourth-order valence-electron chi connectivity index (χ4n) is 4.99. The van der Waals surface area contributed by atoms with Crippen molar-refractivity contribution in [1.29, 1.82) is 0 Å². The number of rotatable bonds is 12. The molecule has 0 saturated carbocycles. The molecule has 0 saturated heterocycles. The number of aliphatic hydroxyl groups is 1. The number of para-hydroxylation sites is 2. The zero-order valence-corrected chi connectivity index (χ0v) is 23.7. The number of ether oxygens (including phenoxy) is 1. The number of sulfonamides is 1. The van der Waals surface area contributed by atoms with E-state index in [2.05, 4.69) is 5.32 Å². The smallest absolute Gasteiger partial charge is 0.243 e. The predicted molar refractivity (Wildman–Crippen MR) is 152 cm³/mol. The second kappa shape index (κ2) is 12.8. The Morgan fingerprint density at radius 2 is 1.54 bits per heavy atom. The van der Waals surface area contributed by atoms with E-state index in [0.717, 1.165) is 16.7 Å². The fourth-order valence-corrected chi connectivity index (χ4v) is 6.80. The van der Waals surface area contributed by atoms with Crippen molar-refractivity contribution in [3.8, 4) is 11.5 Å². The van der Waals surface area contributed by atoms with Gasteiger partial charge in [-0.3, -0.25) is 4.79 Å². The number of carbonyl (C=O) groups excluding carboxylic acids is 1. The van der Waals surface area contributed by atoms with Crippen LogP contribution in [0.25, 0.3) is 0 Å². The summed E-state index contributed by atoms with van der Waals surface area (Å²) in [6, 6.07) is 21.4. The molecular weight excluding hydrogens is 512 g/mol. The Balaban J connectivity index is 1.38. The zero-order valence-electron chi connectivity index (χ0n) is 22.8. The van der Waals surface area contributed by atoms with Crippen LogP contribution >= 0.6 is 0 Å². The summed E-state index contributed by atoms with van der Waals surface area (Å²) in [7, 11) is -3.76. The highest BCUT2D eigenvalue weighted by Gasteiger charge is 2.33. The molecule has 1 aliphatic heterocycles. The standard InChI is InChI=1S/C31H38N2O5S/c1-22(2)20-33(39(36,37)25-17-15-23(3)16-18-25)24(21-34)10-8-9-19-32-31(35)30-26-11-4-6-13-28(26)38-29-14-7-5-12-27(29)30/h4-7,11-18,22,24,30,34H,8-10,19-21H2,1-3H3,(H,32,35)/t24-/m0/s1. The first-order valence-corrected chi connectivity index (χ1v) is 15.0. The quantitative estimate of drug-likeness (QED) is 0.301. The minimum absolute atomic E-state index is 0.0970. The third-order valence-corrected chi connectivity index (χ3v) is 8.93. The van der Waals surface area contributed by atoms with E-state index in [0.29, 0.717) is 43.9 Å². The predicted octanol–water partition coefficient (Wildman–Crippen LogP) is 5.23. The molecule has 8 heteroatoms. The van der Waals surface area contributed by atoms with Crippen LogP contribution in [0.2, 0.25) is 0 Å². The van der Waals surface area contributed by atoms with Gasteiger partial charge in [0.05, 0.1) is 17.4 Å². The zero-order chi connectivity index (χ0) is 28.0. The highest BCUT2D eigenvalue weighted by atomic mass is 32.2. The number of amides is 1. The number of benzene rings is 3. The molecular formula is C31H38N2O5S. The fraction of sp³-hybridized carbons (Fsp3) is 0.387. The lowest BCUT2D eigenvalue weighted by Crippen LogP contribution is -2.44. The molecule has 4 rings (SSSR count). The normalized spacial score (nSPS) is 14.0. The van der Waals surface area contributed by atoms with Gasteiger partial charge < -0.3 is 15.2 Å². The van der Waals surface area contributed by atoms with Crippen LogP contribution in [0.3, 0.4) is 0 Å². The van der Waals surface area contributed by atoms with Gasteiger partial charge in [0, 0.05) is 30.3 Å². The van der Waals surface area contributed by atoms with E-state index < -0.39 is 22.0 Å². The number of aliphatic hydroxyl groups excluding tert-OH is 1. The first-order valence-electron chi connectivity index (χ1n) is 13.5. The van der Waals surface area contributed by atoms with Gasteiger partial charge in [0.2, 0.25) is 15.9 Å². The van der Waals surface area contributed by atoms with Crippen molar-refractivity contribution in [3.05, 3.63) is 89.5 Å². The van der Waals surface area contributed by atoms with Crippen LogP contribution < -0.4 is 10.1 Å². The number of carbonyl (C=O) groups is 1. The van der Waals surface area contributed by atoms with Gasteiger partial charge in [-0.1, -0.05) is 74.4 Å². The molecule has 0 unspecified atom stereocenters. The lowest BCUT2D eigenvalue weighted by Gasteiger charge is -2.31. The number of hydrogen-bond acceptors (Lipinski definition) is 5. The molecule has 0 fully saturated rings. The summed E-state index contributed by atoms with van der Waals surface area (Å²) >= 11 is 0. The average Bonchev–Trinajstić information content (AvgIpc) is 2.92.